The van der Waals surface area contributed by atoms with E-state index in [4.69, 9.17) is 8.97 Å². The number of benzene rings is 4. The maximum atomic E-state index is 13.2. The van der Waals surface area contributed by atoms with Gasteiger partial charge in [0, 0.05) is 47.2 Å². The third kappa shape index (κ3) is 6.17. The lowest BCUT2D eigenvalue weighted by Gasteiger charge is -2.38. The highest BCUT2D eigenvalue weighted by molar-refractivity contribution is 7.86. The molecule has 9 heteroatoms. The number of hydrogen-bond donors (Lipinski definition) is 1. The predicted molar refractivity (Wildman–Crippen MR) is 171 cm³/mol. The van der Waals surface area contributed by atoms with Gasteiger partial charge in [0.2, 0.25) is 0 Å². The number of piperidine rings is 1. The number of rotatable bonds is 4. The molecule has 0 aliphatic carbocycles. The minimum atomic E-state index is -4.13. The molecule has 1 unspecified atom stereocenters. The molecule has 2 aliphatic heterocycles. The van der Waals surface area contributed by atoms with Crippen molar-refractivity contribution in [2.45, 2.75) is 36.6 Å². The van der Waals surface area contributed by atoms with Crippen molar-refractivity contribution in [2.24, 2.45) is 0 Å². The molecule has 2 aliphatic rings. The van der Waals surface area contributed by atoms with Crippen LogP contribution in [-0.2, 0) is 10.1 Å². The molecular formula is C35H33FN2O5S. The Labute approximate surface area is 255 Å². The Bertz CT molecular complexity index is 1960. The highest BCUT2D eigenvalue weighted by Gasteiger charge is 2.27. The lowest BCUT2D eigenvalue weighted by atomic mass is 9.89. The number of anilines is 1. The van der Waals surface area contributed by atoms with E-state index in [0.29, 0.717) is 17.0 Å². The number of nitrogens with zero attached hydrogens (tertiary/aromatic N) is 2. The quantitative estimate of drug-likeness (QED) is 0.211. The van der Waals surface area contributed by atoms with Gasteiger partial charge in [-0.1, -0.05) is 48.9 Å². The lowest BCUT2D eigenvalue weighted by Crippen LogP contribution is -2.41. The third-order valence-electron chi connectivity index (χ3n) is 8.49. The molecule has 1 atom stereocenters. The van der Waals surface area contributed by atoms with E-state index in [1.807, 2.05) is 30.5 Å². The lowest BCUT2D eigenvalue weighted by molar-refractivity contribution is 0.0993. The van der Waals surface area contributed by atoms with Gasteiger partial charge < -0.3 is 9.32 Å². The number of fused-ring (bicyclic) bond motifs is 3. The number of halogens is 1. The zero-order valence-corrected chi connectivity index (χ0v) is 25.1. The van der Waals surface area contributed by atoms with Crippen molar-refractivity contribution in [3.8, 4) is 0 Å². The van der Waals surface area contributed by atoms with E-state index in [0.717, 1.165) is 40.6 Å². The highest BCUT2D eigenvalue weighted by Crippen LogP contribution is 2.37. The van der Waals surface area contributed by atoms with Gasteiger partial charge in [-0.3, -0.25) is 14.2 Å². The summed E-state index contributed by atoms with van der Waals surface area (Å²) in [6.45, 7) is 2.19. The first-order valence-electron chi connectivity index (χ1n) is 14.6. The smallest absolute Gasteiger partial charge is 0.295 e. The molecule has 3 heterocycles. The number of hydrogen-bond acceptors (Lipinski definition) is 5. The molecule has 0 radical (unpaired) electrons. The molecule has 1 N–H and O–H groups in total. The predicted octanol–water partition coefficient (Wildman–Crippen LogP) is 7.58. The van der Waals surface area contributed by atoms with Gasteiger partial charge in [-0.25, -0.2) is 4.39 Å². The van der Waals surface area contributed by atoms with Crippen molar-refractivity contribution in [3.63, 3.8) is 0 Å². The second-order valence-electron chi connectivity index (χ2n) is 11.2. The van der Waals surface area contributed by atoms with Crippen LogP contribution in [0.3, 0.4) is 0 Å². The molecule has 44 heavy (non-hydrogen) atoms. The number of carbonyl (C=O) groups is 1. The van der Waals surface area contributed by atoms with Crippen molar-refractivity contribution in [2.75, 3.05) is 25.0 Å². The first-order chi connectivity index (χ1) is 21.2. The summed E-state index contributed by atoms with van der Waals surface area (Å²) in [6, 6.07) is 23.9. The molecule has 226 valence electrons. The van der Waals surface area contributed by atoms with E-state index in [1.54, 1.807) is 42.3 Å². The summed E-state index contributed by atoms with van der Waals surface area (Å²) in [6.07, 6.45) is 9.08. The van der Waals surface area contributed by atoms with Gasteiger partial charge in [0.25, 0.3) is 16.0 Å². The summed E-state index contributed by atoms with van der Waals surface area (Å²) in [4.78, 5) is 17.0. The first kappa shape index (κ1) is 29.7. The fourth-order valence-electron chi connectivity index (χ4n) is 6.11. The van der Waals surface area contributed by atoms with Gasteiger partial charge in [0.15, 0.2) is 0 Å². The van der Waals surface area contributed by atoms with Crippen LogP contribution in [0, 0.1) is 5.82 Å². The van der Waals surface area contributed by atoms with Crippen molar-refractivity contribution in [3.05, 3.63) is 114 Å². The van der Waals surface area contributed by atoms with Crippen LogP contribution in [0.2, 0.25) is 0 Å². The molecule has 1 amide bonds. The minimum absolute atomic E-state index is 0.0457. The van der Waals surface area contributed by atoms with Crippen LogP contribution in [0.25, 0.3) is 27.3 Å². The summed E-state index contributed by atoms with van der Waals surface area (Å²) in [5.74, 6) is -0.523. The molecule has 0 saturated carbocycles. The van der Waals surface area contributed by atoms with Crippen LogP contribution in [-0.4, -0.2) is 50.0 Å². The first-order valence-corrected chi connectivity index (χ1v) is 16.1. The topological polar surface area (TPSA) is 91.1 Å². The van der Waals surface area contributed by atoms with E-state index < -0.39 is 10.1 Å². The molecule has 1 saturated heterocycles. The van der Waals surface area contributed by atoms with Crippen molar-refractivity contribution < 1.29 is 26.6 Å². The fourth-order valence-corrected chi connectivity index (χ4v) is 6.83. The van der Waals surface area contributed by atoms with Crippen LogP contribution in [0.15, 0.2) is 107 Å². The Kier molecular flexibility index (Phi) is 8.35. The molecule has 5 aromatic rings. The van der Waals surface area contributed by atoms with Gasteiger partial charge in [-0.15, -0.1) is 0 Å². The normalized spacial score (nSPS) is 17.0. The maximum absolute atomic E-state index is 13.2. The van der Waals surface area contributed by atoms with Gasteiger partial charge in [-0.2, -0.15) is 8.42 Å². The summed E-state index contributed by atoms with van der Waals surface area (Å²) >= 11 is 0. The average Bonchev–Trinajstić information content (AvgIpc) is 3.47. The van der Waals surface area contributed by atoms with Crippen molar-refractivity contribution >= 4 is 49.0 Å². The summed E-state index contributed by atoms with van der Waals surface area (Å²) in [5, 5.41) is 2.36. The van der Waals surface area contributed by atoms with E-state index in [-0.39, 0.29) is 16.6 Å². The second-order valence-corrected chi connectivity index (χ2v) is 12.6. The van der Waals surface area contributed by atoms with E-state index in [9.17, 15) is 17.6 Å². The Morgan fingerprint density at radius 3 is 2.55 bits per heavy atom. The third-order valence-corrected chi connectivity index (χ3v) is 9.40. The second kappa shape index (κ2) is 12.4. The summed E-state index contributed by atoms with van der Waals surface area (Å²) < 4.78 is 50.0. The maximum Gasteiger partial charge on any atom is 0.295 e. The Morgan fingerprint density at radius 2 is 1.75 bits per heavy atom. The molecular weight excluding hydrogens is 579 g/mol. The number of amides is 1. The van der Waals surface area contributed by atoms with Crippen LogP contribution in [0.1, 0.15) is 41.6 Å². The molecule has 7 nitrogen and oxygen atoms in total. The molecule has 4 aromatic carbocycles. The Balaban J connectivity index is 0.000000205. The highest BCUT2D eigenvalue weighted by atomic mass is 32.2. The van der Waals surface area contributed by atoms with Crippen molar-refractivity contribution in [1.82, 2.24) is 4.90 Å². The van der Waals surface area contributed by atoms with E-state index in [1.165, 1.54) is 61.7 Å². The summed E-state index contributed by atoms with van der Waals surface area (Å²) in [7, 11) is -2.39. The zero-order chi connectivity index (χ0) is 30.8. The van der Waals surface area contributed by atoms with Gasteiger partial charge in [0.05, 0.1) is 6.26 Å². The minimum Gasteiger partial charge on any atom is -0.464 e. The molecule has 1 aromatic heterocycles. The van der Waals surface area contributed by atoms with E-state index >= 15 is 0 Å². The van der Waals surface area contributed by atoms with Crippen LogP contribution < -0.4 is 4.90 Å². The van der Waals surface area contributed by atoms with Crippen LogP contribution in [0.5, 0.6) is 0 Å². The Morgan fingerprint density at radius 1 is 0.977 bits per heavy atom. The Hall–Kier alpha value is -4.31. The van der Waals surface area contributed by atoms with Crippen LogP contribution in [0.4, 0.5) is 10.1 Å². The van der Waals surface area contributed by atoms with E-state index in [2.05, 4.69) is 11.0 Å². The SMILES string of the molecule is CN(C(=O)c1ccc(F)cc1)c1ccc2occ(C3=CCN4CCCCC4C3)c2c1.O=S(=O)(O)c1cccc2ccccc12. The standard InChI is InChI=1S/C25H25FN2O2.C10H8O3S/c1-27(25(29)17-5-7-19(26)8-6-17)20-9-10-24-22(15-20)23(16-30-24)18-11-13-28-12-3-2-4-21(28)14-18;11-14(12,13)10-7-3-5-8-4-1-2-6-9(8)10/h5-11,15-16,21H,2-4,12-14H2,1H3;1-7H,(H,11,12,13). The number of furan rings is 1. The van der Waals surface area contributed by atoms with Crippen molar-refractivity contribution in [1.29, 1.82) is 0 Å². The fraction of sp³-hybridized carbons (Fsp3) is 0.229. The number of carbonyl (C=O) groups excluding carboxylic acids is 1. The average molecular weight is 613 g/mol. The molecule has 1 fully saturated rings. The summed E-state index contributed by atoms with van der Waals surface area (Å²) in [5.41, 5.74) is 4.53. The van der Waals surface area contributed by atoms with Gasteiger partial charge >= 0.3 is 0 Å². The monoisotopic (exact) mass is 612 g/mol. The van der Waals surface area contributed by atoms with Gasteiger partial charge in [0.1, 0.15) is 16.3 Å². The molecule has 0 spiro atoms. The van der Waals surface area contributed by atoms with Gasteiger partial charge in [-0.05, 0) is 85.3 Å². The molecule has 7 rings (SSSR count). The largest absolute Gasteiger partial charge is 0.464 e. The van der Waals surface area contributed by atoms with Crippen LogP contribution >= 0.6 is 0 Å². The molecule has 0 bridgehead atoms. The zero-order valence-electron chi connectivity index (χ0n) is 24.3.